The van der Waals surface area contributed by atoms with Gasteiger partial charge in [0.05, 0.1) is 5.76 Å². The standard InChI is InChI=1S/C29H20N.C5H8O2.Ir/c1-18-7-11-24-22(13-18)15-28(27-14-19(2)8-12-25(24)27)29-16-26-21(17-30-29)10-9-20-5-3-4-6-23(20)26;1-4(6)3-5(2)7;/h3-14,16-17H,1-2H3;3,6H,1-2H3;/q-1;;/b;4-3-;. The minimum atomic E-state index is -0.125. The molecule has 6 aromatic rings. The summed E-state index contributed by atoms with van der Waals surface area (Å²) >= 11 is 0. The van der Waals surface area contributed by atoms with E-state index in [0.29, 0.717) is 0 Å². The van der Waals surface area contributed by atoms with Crippen LogP contribution >= 0.6 is 0 Å². The Kier molecular flexibility index (Phi) is 8.06. The number of aromatic nitrogens is 1. The Balaban J connectivity index is 0.000000375. The van der Waals surface area contributed by atoms with Crippen LogP contribution in [0, 0.1) is 19.9 Å². The van der Waals surface area contributed by atoms with Gasteiger partial charge in [0.2, 0.25) is 0 Å². The van der Waals surface area contributed by atoms with Crippen molar-refractivity contribution < 1.29 is 30.0 Å². The third-order valence-corrected chi connectivity index (χ3v) is 6.47. The van der Waals surface area contributed by atoms with E-state index < -0.39 is 0 Å². The molecule has 38 heavy (non-hydrogen) atoms. The smallest absolute Gasteiger partial charge is 0.155 e. The molecule has 0 fully saturated rings. The molecule has 0 aliphatic carbocycles. The second-order valence-corrected chi connectivity index (χ2v) is 9.57. The third kappa shape index (κ3) is 5.52. The molecule has 5 aromatic carbocycles. The van der Waals surface area contributed by atoms with Gasteiger partial charge in [-0.2, -0.15) is 0 Å². The van der Waals surface area contributed by atoms with Crippen LogP contribution in [-0.2, 0) is 24.9 Å². The van der Waals surface area contributed by atoms with Gasteiger partial charge in [-0.05, 0) is 49.2 Å². The summed E-state index contributed by atoms with van der Waals surface area (Å²) in [6.45, 7) is 7.12. The fourth-order valence-electron chi connectivity index (χ4n) is 4.83. The van der Waals surface area contributed by atoms with E-state index in [-0.39, 0.29) is 31.6 Å². The van der Waals surface area contributed by atoms with Crippen LogP contribution in [0.3, 0.4) is 0 Å². The summed E-state index contributed by atoms with van der Waals surface area (Å²) in [5, 5.41) is 18.1. The van der Waals surface area contributed by atoms with Crippen molar-refractivity contribution >= 4 is 48.9 Å². The number of aryl methyl sites for hydroxylation is 2. The van der Waals surface area contributed by atoms with Crippen molar-refractivity contribution in [1.82, 2.24) is 4.98 Å². The van der Waals surface area contributed by atoms with Crippen LogP contribution in [-0.4, -0.2) is 15.9 Å². The average molecular weight is 675 g/mol. The number of rotatable bonds is 2. The Bertz CT molecular complexity index is 1850. The zero-order valence-corrected chi connectivity index (χ0v) is 24.2. The van der Waals surface area contributed by atoms with Crippen LogP contribution in [0.25, 0.3) is 54.3 Å². The van der Waals surface area contributed by atoms with Gasteiger partial charge in [-0.3, -0.25) is 9.78 Å². The van der Waals surface area contributed by atoms with E-state index in [1.165, 1.54) is 63.4 Å². The summed E-state index contributed by atoms with van der Waals surface area (Å²) in [7, 11) is 0. The van der Waals surface area contributed by atoms with Gasteiger partial charge in [-0.1, -0.05) is 106 Å². The normalized spacial score (nSPS) is 11.3. The van der Waals surface area contributed by atoms with Gasteiger partial charge in [0.1, 0.15) is 0 Å². The molecule has 1 radical (unpaired) electrons. The van der Waals surface area contributed by atoms with Gasteiger partial charge in [-0.15, -0.1) is 17.5 Å². The molecule has 1 heterocycles. The number of ketones is 1. The number of aliphatic hydroxyl groups excluding tert-OH is 1. The number of aliphatic hydroxyl groups is 1. The van der Waals surface area contributed by atoms with E-state index in [1.807, 2.05) is 6.20 Å². The van der Waals surface area contributed by atoms with E-state index >= 15 is 0 Å². The zero-order valence-electron chi connectivity index (χ0n) is 21.8. The molecule has 191 valence electrons. The Morgan fingerprint density at radius 2 is 1.45 bits per heavy atom. The van der Waals surface area contributed by atoms with Crippen molar-refractivity contribution in [2.45, 2.75) is 27.7 Å². The van der Waals surface area contributed by atoms with Crippen molar-refractivity contribution in [2.24, 2.45) is 0 Å². The molecular weight excluding hydrogens is 647 g/mol. The van der Waals surface area contributed by atoms with Crippen LogP contribution in [0.5, 0.6) is 0 Å². The summed E-state index contributed by atoms with van der Waals surface area (Å²) in [4.78, 5) is 14.9. The van der Waals surface area contributed by atoms with Crippen LogP contribution in [0.1, 0.15) is 25.0 Å². The SMILES string of the molecule is CC(=O)/C=C(/C)O.Cc1ccc2c([c-]c(-c3cc4c(ccc5ccccc54)cn3)c3cc(C)ccc32)c1.[Ir]. The Morgan fingerprint density at radius 3 is 2.16 bits per heavy atom. The fraction of sp³-hybridized carbons (Fsp3) is 0.118. The van der Waals surface area contributed by atoms with Gasteiger partial charge in [-0.25, -0.2) is 0 Å². The number of allylic oxidation sites excluding steroid dienone is 2. The van der Waals surface area contributed by atoms with Crippen molar-refractivity contribution in [3.05, 3.63) is 114 Å². The first kappa shape index (κ1) is 27.2. The predicted octanol–water partition coefficient (Wildman–Crippen LogP) is 8.81. The topological polar surface area (TPSA) is 50.2 Å². The molecule has 0 saturated heterocycles. The van der Waals surface area contributed by atoms with Crippen LogP contribution in [0.4, 0.5) is 0 Å². The molecule has 0 aliphatic rings. The monoisotopic (exact) mass is 675 g/mol. The van der Waals surface area contributed by atoms with Crippen molar-refractivity contribution in [1.29, 1.82) is 0 Å². The molecule has 4 heteroatoms. The number of benzene rings is 5. The molecule has 0 bridgehead atoms. The van der Waals surface area contributed by atoms with Crippen LogP contribution in [0.15, 0.2) is 96.9 Å². The van der Waals surface area contributed by atoms with E-state index in [2.05, 4.69) is 98.8 Å². The predicted molar refractivity (Wildman–Crippen MR) is 155 cm³/mol. The van der Waals surface area contributed by atoms with Crippen LogP contribution in [0.2, 0.25) is 0 Å². The fourth-order valence-corrected chi connectivity index (χ4v) is 4.83. The number of pyridine rings is 1. The number of hydrogen-bond acceptors (Lipinski definition) is 3. The first-order valence-electron chi connectivity index (χ1n) is 12.3. The van der Waals surface area contributed by atoms with Gasteiger partial charge in [0, 0.05) is 38.1 Å². The third-order valence-electron chi connectivity index (χ3n) is 6.47. The van der Waals surface area contributed by atoms with Gasteiger partial charge in [0.15, 0.2) is 5.78 Å². The molecule has 1 aromatic heterocycles. The number of nitrogens with zero attached hydrogens (tertiary/aromatic N) is 1. The molecule has 0 unspecified atom stereocenters. The van der Waals surface area contributed by atoms with E-state index in [0.717, 1.165) is 22.0 Å². The zero-order chi connectivity index (χ0) is 26.1. The second-order valence-electron chi connectivity index (χ2n) is 9.57. The minimum Gasteiger partial charge on any atom is -0.512 e. The molecule has 0 aliphatic heterocycles. The molecule has 0 spiro atoms. The summed E-state index contributed by atoms with van der Waals surface area (Å²) in [6.07, 6.45) is 3.16. The summed E-state index contributed by atoms with van der Waals surface area (Å²) in [6, 6.07) is 32.1. The molecule has 0 atom stereocenters. The van der Waals surface area contributed by atoms with Gasteiger partial charge < -0.3 is 5.11 Å². The van der Waals surface area contributed by atoms with Crippen molar-refractivity contribution in [2.75, 3.05) is 0 Å². The maximum Gasteiger partial charge on any atom is 0.155 e. The largest absolute Gasteiger partial charge is 0.512 e. The first-order chi connectivity index (χ1) is 17.8. The second kappa shape index (κ2) is 11.3. The van der Waals surface area contributed by atoms with E-state index in [4.69, 9.17) is 10.1 Å². The summed E-state index contributed by atoms with van der Waals surface area (Å²) < 4.78 is 0. The molecule has 1 N–H and O–H groups in total. The molecule has 6 rings (SSSR count). The van der Waals surface area contributed by atoms with E-state index in [9.17, 15) is 4.79 Å². The molecule has 0 saturated carbocycles. The molecule has 0 amide bonds. The Morgan fingerprint density at radius 1 is 0.763 bits per heavy atom. The Hall–Kier alpha value is -3.85. The first-order valence-corrected chi connectivity index (χ1v) is 12.3. The van der Waals surface area contributed by atoms with Gasteiger partial charge in [0.25, 0.3) is 0 Å². The van der Waals surface area contributed by atoms with E-state index in [1.54, 1.807) is 0 Å². The van der Waals surface area contributed by atoms with Gasteiger partial charge >= 0.3 is 0 Å². The molecular formula is C34H28IrNO2-. The van der Waals surface area contributed by atoms with Crippen molar-refractivity contribution in [3.8, 4) is 11.3 Å². The quantitative estimate of drug-likeness (QED) is 0.0865. The minimum absolute atomic E-state index is 0. The average Bonchev–Trinajstić information content (AvgIpc) is 2.87. The number of hydrogen-bond donors (Lipinski definition) is 1. The van der Waals surface area contributed by atoms with Crippen molar-refractivity contribution in [3.63, 3.8) is 0 Å². The maximum atomic E-state index is 10.0. The number of carbonyl (C=O) groups excluding carboxylic acids is 1. The maximum absolute atomic E-state index is 10.0. The molecule has 3 nitrogen and oxygen atoms in total. The Labute approximate surface area is 236 Å². The number of carbonyl (C=O) groups is 1. The summed E-state index contributed by atoms with van der Waals surface area (Å²) in [5.41, 5.74) is 4.53. The van der Waals surface area contributed by atoms with Crippen LogP contribution < -0.4 is 0 Å². The number of fused-ring (bicyclic) bond motifs is 6. The summed E-state index contributed by atoms with van der Waals surface area (Å²) in [5.74, 6) is -0.0625.